The normalized spacial score (nSPS) is 11.2. The number of benzene rings is 6. The van der Waals surface area contributed by atoms with E-state index in [0.29, 0.717) is 0 Å². The van der Waals surface area contributed by atoms with Crippen LogP contribution in [0.1, 0.15) is 11.1 Å². The Labute approximate surface area is 201 Å². The summed E-state index contributed by atoms with van der Waals surface area (Å²) in [5, 5.41) is 5.13. The summed E-state index contributed by atoms with van der Waals surface area (Å²) in [7, 11) is 0. The van der Waals surface area contributed by atoms with E-state index in [9.17, 15) is 0 Å². The van der Waals surface area contributed by atoms with Crippen molar-refractivity contribution in [2.45, 2.75) is 13.8 Å². The molecule has 0 saturated heterocycles. The average Bonchev–Trinajstić information content (AvgIpc) is 2.88. The molecule has 6 rings (SSSR count). The molecule has 0 radical (unpaired) electrons. The first kappa shape index (κ1) is 20.4. The van der Waals surface area contributed by atoms with Crippen LogP contribution in [0.25, 0.3) is 54.9 Å². The predicted octanol–water partition coefficient (Wildman–Crippen LogP) is 9.61. The fourth-order valence-electron chi connectivity index (χ4n) is 5.18. The molecule has 0 spiro atoms. The Balaban J connectivity index is 1.66. The van der Waals surface area contributed by atoms with E-state index in [1.807, 2.05) is 0 Å². The maximum Gasteiger partial charge on any atom is -0.00268 e. The minimum Gasteiger partial charge on any atom is -0.0622 e. The molecule has 0 heteroatoms. The van der Waals surface area contributed by atoms with Gasteiger partial charge in [0.25, 0.3) is 0 Å². The molecule has 6 aromatic carbocycles. The zero-order chi connectivity index (χ0) is 23.1. The number of aryl methyl sites for hydroxylation is 2. The maximum atomic E-state index is 2.36. The van der Waals surface area contributed by atoms with Crippen molar-refractivity contribution in [2.75, 3.05) is 0 Å². The van der Waals surface area contributed by atoms with Gasteiger partial charge in [-0.1, -0.05) is 103 Å². The summed E-state index contributed by atoms with van der Waals surface area (Å²) in [6.45, 7) is 4.37. The fourth-order valence-corrected chi connectivity index (χ4v) is 5.18. The molecule has 0 nitrogen and oxygen atoms in total. The molecule has 34 heavy (non-hydrogen) atoms. The number of hydrogen-bond donors (Lipinski definition) is 0. The highest BCUT2D eigenvalue weighted by atomic mass is 14.2. The zero-order valence-electron chi connectivity index (χ0n) is 19.5. The lowest BCUT2D eigenvalue weighted by atomic mass is 9.88. The summed E-state index contributed by atoms with van der Waals surface area (Å²) in [5.74, 6) is 0. The van der Waals surface area contributed by atoms with Crippen molar-refractivity contribution >= 4 is 21.5 Å². The molecule has 0 unspecified atom stereocenters. The van der Waals surface area contributed by atoms with Gasteiger partial charge in [-0.15, -0.1) is 0 Å². The van der Waals surface area contributed by atoms with E-state index >= 15 is 0 Å². The lowest BCUT2D eigenvalue weighted by Crippen LogP contribution is -1.89. The summed E-state index contributed by atoms with van der Waals surface area (Å²) in [4.78, 5) is 0. The Morgan fingerprint density at radius 3 is 1.35 bits per heavy atom. The minimum atomic E-state index is 1.25. The van der Waals surface area contributed by atoms with Crippen LogP contribution in [-0.2, 0) is 0 Å². The standard InChI is InChI=1S/C34H26/c1-23-10-6-8-14-30(23)26-16-18-32-28(20-26)22-29-21-27(31-15-9-7-11-24(31)2)17-19-33(29)34(32)25-12-4-3-5-13-25/h3-22H,1-2H3. The van der Waals surface area contributed by atoms with Crippen LogP contribution in [-0.4, -0.2) is 0 Å². The van der Waals surface area contributed by atoms with Crippen molar-refractivity contribution in [3.8, 4) is 33.4 Å². The topological polar surface area (TPSA) is 0 Å². The number of hydrogen-bond acceptors (Lipinski definition) is 0. The van der Waals surface area contributed by atoms with E-state index in [1.165, 1.54) is 66.1 Å². The van der Waals surface area contributed by atoms with Gasteiger partial charge in [-0.25, -0.2) is 0 Å². The van der Waals surface area contributed by atoms with Crippen LogP contribution in [0.3, 0.4) is 0 Å². The van der Waals surface area contributed by atoms with Crippen molar-refractivity contribution in [3.63, 3.8) is 0 Å². The van der Waals surface area contributed by atoms with Gasteiger partial charge in [-0.3, -0.25) is 0 Å². The Morgan fingerprint density at radius 2 is 0.853 bits per heavy atom. The summed E-state index contributed by atoms with van der Waals surface area (Å²) in [6.07, 6.45) is 0. The Bertz CT molecular complexity index is 1550. The Hall–Kier alpha value is -4.16. The molecule has 0 aliphatic heterocycles. The maximum absolute atomic E-state index is 2.36. The first-order valence-corrected chi connectivity index (χ1v) is 11.9. The van der Waals surface area contributed by atoms with E-state index in [-0.39, 0.29) is 0 Å². The minimum absolute atomic E-state index is 1.25. The highest BCUT2D eigenvalue weighted by Crippen LogP contribution is 2.40. The molecular formula is C34H26. The van der Waals surface area contributed by atoms with Crippen molar-refractivity contribution in [3.05, 3.63) is 132 Å². The van der Waals surface area contributed by atoms with Crippen LogP contribution in [0.2, 0.25) is 0 Å². The highest BCUT2D eigenvalue weighted by molar-refractivity contribution is 6.14. The van der Waals surface area contributed by atoms with Crippen LogP contribution in [0.15, 0.2) is 121 Å². The molecule has 0 aliphatic rings. The monoisotopic (exact) mass is 434 g/mol. The third-order valence-corrected chi connectivity index (χ3v) is 6.93. The van der Waals surface area contributed by atoms with Crippen LogP contribution in [0.4, 0.5) is 0 Å². The fraction of sp³-hybridized carbons (Fsp3) is 0.0588. The Kier molecular flexibility index (Phi) is 5.00. The zero-order valence-corrected chi connectivity index (χ0v) is 19.5. The molecule has 0 N–H and O–H groups in total. The van der Waals surface area contributed by atoms with Crippen LogP contribution in [0, 0.1) is 13.8 Å². The van der Waals surface area contributed by atoms with Crippen molar-refractivity contribution in [1.82, 2.24) is 0 Å². The van der Waals surface area contributed by atoms with E-state index in [1.54, 1.807) is 0 Å². The van der Waals surface area contributed by atoms with E-state index in [2.05, 4.69) is 135 Å². The summed E-state index contributed by atoms with van der Waals surface area (Å²) in [6, 6.07) is 44.2. The summed E-state index contributed by atoms with van der Waals surface area (Å²) >= 11 is 0. The van der Waals surface area contributed by atoms with E-state index in [4.69, 9.17) is 0 Å². The largest absolute Gasteiger partial charge is 0.0622 e. The van der Waals surface area contributed by atoms with Crippen molar-refractivity contribution < 1.29 is 0 Å². The molecule has 0 amide bonds. The van der Waals surface area contributed by atoms with Gasteiger partial charge in [0.1, 0.15) is 0 Å². The second-order valence-electron chi connectivity index (χ2n) is 9.12. The Morgan fingerprint density at radius 1 is 0.382 bits per heavy atom. The summed E-state index contributed by atoms with van der Waals surface area (Å²) < 4.78 is 0. The molecule has 0 saturated carbocycles. The van der Waals surface area contributed by atoms with Crippen molar-refractivity contribution in [2.24, 2.45) is 0 Å². The van der Waals surface area contributed by atoms with E-state index < -0.39 is 0 Å². The predicted molar refractivity (Wildman–Crippen MR) is 147 cm³/mol. The number of fused-ring (bicyclic) bond motifs is 2. The average molecular weight is 435 g/mol. The van der Waals surface area contributed by atoms with Crippen LogP contribution in [0.5, 0.6) is 0 Å². The lowest BCUT2D eigenvalue weighted by Gasteiger charge is -2.15. The van der Waals surface area contributed by atoms with Gasteiger partial charge in [0.2, 0.25) is 0 Å². The van der Waals surface area contributed by atoms with Crippen LogP contribution >= 0.6 is 0 Å². The first-order valence-electron chi connectivity index (χ1n) is 11.9. The molecule has 0 bridgehead atoms. The number of rotatable bonds is 3. The van der Waals surface area contributed by atoms with Crippen LogP contribution < -0.4 is 0 Å². The van der Waals surface area contributed by atoms with Gasteiger partial charge in [0.05, 0.1) is 0 Å². The van der Waals surface area contributed by atoms with Gasteiger partial charge in [0.15, 0.2) is 0 Å². The molecule has 0 atom stereocenters. The van der Waals surface area contributed by atoms with Gasteiger partial charge < -0.3 is 0 Å². The SMILES string of the molecule is Cc1ccccc1-c1ccc2c(-c3ccccc3)c3ccc(-c4ccccc4C)cc3cc2c1. The smallest absolute Gasteiger partial charge is 0.00268 e. The summed E-state index contributed by atoms with van der Waals surface area (Å²) in [5.41, 5.74) is 10.3. The van der Waals surface area contributed by atoms with Gasteiger partial charge >= 0.3 is 0 Å². The highest BCUT2D eigenvalue weighted by Gasteiger charge is 2.13. The van der Waals surface area contributed by atoms with Gasteiger partial charge in [-0.05, 0) is 98.1 Å². The molecule has 162 valence electrons. The molecular weight excluding hydrogens is 408 g/mol. The van der Waals surface area contributed by atoms with E-state index in [0.717, 1.165) is 0 Å². The molecule has 0 aromatic heterocycles. The third-order valence-electron chi connectivity index (χ3n) is 6.93. The first-order chi connectivity index (χ1) is 16.7. The second-order valence-corrected chi connectivity index (χ2v) is 9.12. The van der Waals surface area contributed by atoms with Crippen molar-refractivity contribution in [1.29, 1.82) is 0 Å². The third kappa shape index (κ3) is 3.49. The second kappa shape index (κ2) is 8.32. The van der Waals surface area contributed by atoms with Gasteiger partial charge in [-0.2, -0.15) is 0 Å². The quantitative estimate of drug-likeness (QED) is 0.243. The molecule has 0 fully saturated rings. The lowest BCUT2D eigenvalue weighted by molar-refractivity contribution is 1.46. The molecule has 0 aliphatic carbocycles. The molecule has 6 aromatic rings. The molecule has 0 heterocycles. The van der Waals surface area contributed by atoms with Gasteiger partial charge in [0, 0.05) is 0 Å².